The van der Waals surface area contributed by atoms with Gasteiger partial charge in [-0.25, -0.2) is 0 Å². The van der Waals surface area contributed by atoms with Crippen molar-refractivity contribution in [2.24, 2.45) is 5.92 Å². The lowest BCUT2D eigenvalue weighted by atomic mass is 10.2. The van der Waals surface area contributed by atoms with Crippen LogP contribution in [0, 0.1) is 5.92 Å². The zero-order valence-electron chi connectivity index (χ0n) is 8.82. The third kappa shape index (κ3) is 2.02. The van der Waals surface area contributed by atoms with Crippen molar-refractivity contribution >= 4 is 39.0 Å². The van der Waals surface area contributed by atoms with E-state index < -0.39 is 0 Å². The standard InChI is InChI=1S/C12H13ClN2S/c13-10(8-5-6-8)7-14-12-9-3-1-2-4-11(9)15-16-12/h1-4,8,10,14H,5-7H2. The van der Waals surface area contributed by atoms with Crippen LogP contribution in [0.2, 0.25) is 0 Å². The van der Waals surface area contributed by atoms with Gasteiger partial charge in [0, 0.05) is 11.9 Å². The number of hydrogen-bond acceptors (Lipinski definition) is 3. The predicted octanol–water partition coefficient (Wildman–Crippen LogP) is 3.73. The van der Waals surface area contributed by atoms with Crippen LogP contribution in [0.25, 0.3) is 10.9 Å². The Bertz CT molecular complexity index is 492. The summed E-state index contributed by atoms with van der Waals surface area (Å²) in [5.41, 5.74) is 1.06. The van der Waals surface area contributed by atoms with Gasteiger partial charge >= 0.3 is 0 Å². The van der Waals surface area contributed by atoms with Crippen LogP contribution in [0.15, 0.2) is 24.3 Å². The van der Waals surface area contributed by atoms with E-state index in [-0.39, 0.29) is 5.38 Å². The van der Waals surface area contributed by atoms with E-state index in [1.165, 1.54) is 29.8 Å². The summed E-state index contributed by atoms with van der Waals surface area (Å²) in [5, 5.41) is 6.02. The molecule has 1 aromatic carbocycles. The number of nitrogens with zero attached hydrogens (tertiary/aromatic N) is 1. The van der Waals surface area contributed by atoms with Crippen molar-refractivity contribution in [2.75, 3.05) is 11.9 Å². The number of rotatable bonds is 4. The maximum atomic E-state index is 6.27. The van der Waals surface area contributed by atoms with Crippen LogP contribution in [0.4, 0.5) is 5.00 Å². The second-order valence-electron chi connectivity index (χ2n) is 4.26. The van der Waals surface area contributed by atoms with Gasteiger partial charge < -0.3 is 5.32 Å². The molecule has 1 aliphatic carbocycles. The predicted molar refractivity (Wildman–Crippen MR) is 70.5 cm³/mol. The summed E-state index contributed by atoms with van der Waals surface area (Å²) in [6.07, 6.45) is 2.58. The molecule has 1 N–H and O–H groups in total. The Morgan fingerprint density at radius 3 is 3.06 bits per heavy atom. The molecule has 0 aliphatic heterocycles. The molecule has 0 amide bonds. The first-order valence-corrected chi connectivity index (χ1v) is 6.78. The topological polar surface area (TPSA) is 24.9 Å². The van der Waals surface area contributed by atoms with Crippen LogP contribution in [0.5, 0.6) is 0 Å². The summed E-state index contributed by atoms with van der Waals surface area (Å²) in [7, 11) is 0. The molecule has 16 heavy (non-hydrogen) atoms. The summed E-state index contributed by atoms with van der Waals surface area (Å²) >= 11 is 7.79. The van der Waals surface area contributed by atoms with Crippen molar-refractivity contribution in [2.45, 2.75) is 18.2 Å². The van der Waals surface area contributed by atoms with E-state index >= 15 is 0 Å². The quantitative estimate of drug-likeness (QED) is 0.839. The number of alkyl halides is 1. The SMILES string of the molecule is ClC(CNc1snc2ccccc12)C1CC1. The summed E-state index contributed by atoms with van der Waals surface area (Å²) in [6.45, 7) is 0.846. The first-order chi connectivity index (χ1) is 7.84. The first-order valence-electron chi connectivity index (χ1n) is 5.57. The summed E-state index contributed by atoms with van der Waals surface area (Å²) < 4.78 is 4.39. The third-order valence-corrected chi connectivity index (χ3v) is 4.32. The Hall–Kier alpha value is -0.800. The van der Waals surface area contributed by atoms with Crippen molar-refractivity contribution in [3.05, 3.63) is 24.3 Å². The largest absolute Gasteiger partial charge is 0.374 e. The van der Waals surface area contributed by atoms with Gasteiger partial charge in [-0.3, -0.25) is 0 Å². The zero-order chi connectivity index (χ0) is 11.0. The fourth-order valence-corrected chi connectivity index (χ4v) is 2.93. The molecule has 1 saturated carbocycles. The van der Waals surface area contributed by atoms with Gasteiger partial charge in [-0.15, -0.1) is 11.6 Å². The monoisotopic (exact) mass is 252 g/mol. The molecule has 0 spiro atoms. The minimum Gasteiger partial charge on any atom is -0.374 e. The third-order valence-electron chi connectivity index (χ3n) is 2.98. The van der Waals surface area contributed by atoms with E-state index in [0.29, 0.717) is 0 Å². The molecule has 2 aromatic rings. The highest BCUT2D eigenvalue weighted by molar-refractivity contribution is 7.11. The maximum absolute atomic E-state index is 6.27. The lowest BCUT2D eigenvalue weighted by Gasteiger charge is -2.08. The lowest BCUT2D eigenvalue weighted by Crippen LogP contribution is -2.15. The highest BCUT2D eigenvalue weighted by Gasteiger charge is 2.29. The molecular formula is C12H13ClN2S. The number of aromatic nitrogens is 1. The van der Waals surface area contributed by atoms with E-state index in [2.05, 4.69) is 15.8 Å². The van der Waals surface area contributed by atoms with Crippen molar-refractivity contribution in [1.82, 2.24) is 4.37 Å². The van der Waals surface area contributed by atoms with E-state index in [1.807, 2.05) is 18.2 Å². The van der Waals surface area contributed by atoms with Crippen LogP contribution >= 0.6 is 23.1 Å². The molecule has 4 heteroatoms. The van der Waals surface area contributed by atoms with Crippen LogP contribution < -0.4 is 5.32 Å². The second-order valence-corrected chi connectivity index (χ2v) is 5.60. The van der Waals surface area contributed by atoms with Gasteiger partial charge in [0.2, 0.25) is 0 Å². The fraction of sp³-hybridized carbons (Fsp3) is 0.417. The molecule has 0 bridgehead atoms. The number of halogens is 1. The molecule has 1 heterocycles. The highest BCUT2D eigenvalue weighted by Crippen LogP contribution is 2.36. The molecule has 0 saturated heterocycles. The van der Waals surface area contributed by atoms with Crippen molar-refractivity contribution in [1.29, 1.82) is 0 Å². The molecule has 1 aromatic heterocycles. The summed E-state index contributed by atoms with van der Waals surface area (Å²) in [6, 6.07) is 8.19. The van der Waals surface area contributed by atoms with Crippen LogP contribution in [-0.4, -0.2) is 16.3 Å². The maximum Gasteiger partial charge on any atom is 0.117 e. The van der Waals surface area contributed by atoms with Crippen LogP contribution in [-0.2, 0) is 0 Å². The molecule has 84 valence electrons. The van der Waals surface area contributed by atoms with Crippen LogP contribution in [0.3, 0.4) is 0 Å². The molecule has 1 unspecified atom stereocenters. The molecule has 3 rings (SSSR count). The molecule has 1 atom stereocenters. The van der Waals surface area contributed by atoms with Gasteiger partial charge in [-0.1, -0.05) is 12.1 Å². The molecular weight excluding hydrogens is 240 g/mol. The van der Waals surface area contributed by atoms with Gasteiger partial charge in [0.25, 0.3) is 0 Å². The van der Waals surface area contributed by atoms with E-state index in [0.717, 1.165) is 23.0 Å². The Labute approximate surface area is 104 Å². The average Bonchev–Trinajstić information content (AvgIpc) is 3.08. The number of anilines is 1. The van der Waals surface area contributed by atoms with Crippen molar-refractivity contribution in [3.8, 4) is 0 Å². The van der Waals surface area contributed by atoms with E-state index in [4.69, 9.17) is 11.6 Å². The van der Waals surface area contributed by atoms with Gasteiger partial charge in [-0.05, 0) is 42.4 Å². The molecule has 1 aliphatic rings. The van der Waals surface area contributed by atoms with E-state index in [1.54, 1.807) is 0 Å². The minimum atomic E-state index is 0.265. The minimum absolute atomic E-state index is 0.265. The van der Waals surface area contributed by atoms with Gasteiger partial charge in [0.05, 0.1) is 10.9 Å². The normalized spacial score (nSPS) is 17.6. The Kier molecular flexibility index (Phi) is 2.74. The van der Waals surface area contributed by atoms with Crippen LogP contribution in [0.1, 0.15) is 12.8 Å². The van der Waals surface area contributed by atoms with Crippen molar-refractivity contribution in [3.63, 3.8) is 0 Å². The summed E-state index contributed by atoms with van der Waals surface area (Å²) in [4.78, 5) is 0. The van der Waals surface area contributed by atoms with E-state index in [9.17, 15) is 0 Å². The molecule has 2 nitrogen and oxygen atoms in total. The number of hydrogen-bond donors (Lipinski definition) is 1. The summed E-state index contributed by atoms with van der Waals surface area (Å²) in [5.74, 6) is 0.730. The smallest absolute Gasteiger partial charge is 0.117 e. The van der Waals surface area contributed by atoms with Crippen molar-refractivity contribution < 1.29 is 0 Å². The number of nitrogens with one attached hydrogen (secondary N) is 1. The van der Waals surface area contributed by atoms with Gasteiger partial charge in [0.1, 0.15) is 5.00 Å². The van der Waals surface area contributed by atoms with Gasteiger partial charge in [0.15, 0.2) is 0 Å². The number of fused-ring (bicyclic) bond motifs is 1. The molecule has 0 radical (unpaired) electrons. The Morgan fingerprint density at radius 2 is 2.25 bits per heavy atom. The highest BCUT2D eigenvalue weighted by atomic mass is 35.5. The lowest BCUT2D eigenvalue weighted by molar-refractivity contribution is 0.772. The van der Waals surface area contributed by atoms with Gasteiger partial charge in [-0.2, -0.15) is 4.37 Å². The Morgan fingerprint density at radius 1 is 1.44 bits per heavy atom. The zero-order valence-corrected chi connectivity index (χ0v) is 10.4. The second kappa shape index (κ2) is 4.22. The average molecular weight is 253 g/mol. The first kappa shape index (κ1) is 10.4. The number of benzene rings is 1. The fourth-order valence-electron chi connectivity index (χ4n) is 1.83. The molecule has 1 fully saturated rings. The Balaban J connectivity index is 1.73.